The van der Waals surface area contributed by atoms with E-state index in [2.05, 4.69) is 99.5 Å². The number of hydrogen-bond acceptors (Lipinski definition) is 2. The molecule has 0 aliphatic heterocycles. The standard InChI is InChI=1S/C28H35I2NO2/c1-19-16-23(12-15-27(19)33-2)21-8-6-20(7-9-21)18-31(26-5-3-4-25(30)17-26)28(32)22-10-13-24(29)14-11-22/h3-5,12,15-17,20-22,24H,6-11,13-14,18H2,1-2H3/t20-,21-,22-,24-. The fourth-order valence-electron chi connectivity index (χ4n) is 5.58. The van der Waals surface area contributed by atoms with Crippen molar-refractivity contribution in [1.29, 1.82) is 0 Å². The highest BCUT2D eigenvalue weighted by atomic mass is 127. The highest BCUT2D eigenvalue weighted by molar-refractivity contribution is 14.1. The fourth-order valence-corrected chi connectivity index (χ4v) is 6.82. The van der Waals surface area contributed by atoms with Crippen LogP contribution in [0.5, 0.6) is 5.75 Å². The van der Waals surface area contributed by atoms with E-state index in [0.29, 0.717) is 17.7 Å². The highest BCUT2D eigenvalue weighted by Gasteiger charge is 2.32. The van der Waals surface area contributed by atoms with Gasteiger partial charge in [0.15, 0.2) is 0 Å². The molecular formula is C28H35I2NO2. The first kappa shape index (κ1) is 25.3. The Kier molecular flexibility index (Phi) is 8.99. The molecule has 0 atom stereocenters. The number of alkyl halides is 1. The van der Waals surface area contributed by atoms with E-state index in [-0.39, 0.29) is 5.92 Å². The summed E-state index contributed by atoms with van der Waals surface area (Å²) in [5, 5.41) is 0. The van der Waals surface area contributed by atoms with Crippen LogP contribution in [0.4, 0.5) is 5.69 Å². The van der Waals surface area contributed by atoms with Gasteiger partial charge in [0, 0.05) is 25.6 Å². The van der Waals surface area contributed by atoms with Crippen molar-refractivity contribution in [2.75, 3.05) is 18.6 Å². The number of amides is 1. The molecule has 2 aromatic carbocycles. The van der Waals surface area contributed by atoms with E-state index in [1.165, 1.54) is 53.2 Å². The van der Waals surface area contributed by atoms with Crippen LogP contribution in [0.15, 0.2) is 42.5 Å². The summed E-state index contributed by atoms with van der Waals surface area (Å²) in [6.45, 7) is 2.99. The Morgan fingerprint density at radius 1 is 1.00 bits per heavy atom. The number of benzene rings is 2. The van der Waals surface area contributed by atoms with E-state index in [1.54, 1.807) is 7.11 Å². The Bertz CT molecular complexity index is 947. The summed E-state index contributed by atoms with van der Waals surface area (Å²) >= 11 is 4.91. The maximum absolute atomic E-state index is 13.7. The van der Waals surface area contributed by atoms with E-state index in [9.17, 15) is 4.79 Å². The molecule has 0 radical (unpaired) electrons. The minimum Gasteiger partial charge on any atom is -0.496 e. The molecule has 4 rings (SSSR count). The number of halogens is 2. The van der Waals surface area contributed by atoms with E-state index in [0.717, 1.165) is 34.7 Å². The van der Waals surface area contributed by atoms with Crippen molar-refractivity contribution in [3.63, 3.8) is 0 Å². The third-order valence-corrected chi connectivity index (χ3v) is 9.49. The van der Waals surface area contributed by atoms with Crippen LogP contribution in [0.3, 0.4) is 0 Å². The highest BCUT2D eigenvalue weighted by Crippen LogP contribution is 2.39. The number of anilines is 1. The molecule has 2 fully saturated rings. The Labute approximate surface area is 226 Å². The third-order valence-electron chi connectivity index (χ3n) is 7.57. The predicted molar refractivity (Wildman–Crippen MR) is 154 cm³/mol. The molecule has 2 saturated carbocycles. The fraction of sp³-hybridized carbons (Fsp3) is 0.536. The SMILES string of the molecule is COc1ccc([C@H]2CC[C@H](CN(c3cccc(I)c3)C(=O)[C@H]3CC[C@H](I)CC3)CC2)cc1C. The second kappa shape index (κ2) is 11.7. The van der Waals surface area contributed by atoms with Crippen LogP contribution >= 0.6 is 45.2 Å². The molecular weight excluding hydrogens is 636 g/mol. The van der Waals surface area contributed by atoms with Crippen LogP contribution in [-0.2, 0) is 4.79 Å². The molecule has 2 aliphatic carbocycles. The number of methoxy groups -OCH3 is 1. The molecule has 2 aromatic rings. The zero-order chi connectivity index (χ0) is 23.4. The van der Waals surface area contributed by atoms with Crippen molar-refractivity contribution >= 4 is 56.8 Å². The lowest BCUT2D eigenvalue weighted by Gasteiger charge is -2.36. The molecule has 0 N–H and O–H groups in total. The quantitative estimate of drug-likeness (QED) is 0.231. The van der Waals surface area contributed by atoms with Crippen LogP contribution in [0, 0.1) is 22.3 Å². The first-order chi connectivity index (χ1) is 15.9. The largest absolute Gasteiger partial charge is 0.496 e. The van der Waals surface area contributed by atoms with Crippen LogP contribution < -0.4 is 9.64 Å². The van der Waals surface area contributed by atoms with Crippen LogP contribution in [-0.4, -0.2) is 23.5 Å². The van der Waals surface area contributed by atoms with Gasteiger partial charge in [0.05, 0.1) is 7.11 Å². The Balaban J connectivity index is 1.43. The summed E-state index contributed by atoms with van der Waals surface area (Å²) in [5.74, 6) is 2.70. The number of ether oxygens (including phenoxy) is 1. The molecule has 5 heteroatoms. The molecule has 0 spiro atoms. The van der Waals surface area contributed by atoms with Gasteiger partial charge in [0.2, 0.25) is 5.91 Å². The van der Waals surface area contributed by atoms with Crippen molar-refractivity contribution in [3.05, 3.63) is 57.2 Å². The molecule has 0 bridgehead atoms. The molecule has 0 saturated heterocycles. The van der Waals surface area contributed by atoms with Crippen LogP contribution in [0.25, 0.3) is 0 Å². The lowest BCUT2D eigenvalue weighted by atomic mass is 9.78. The molecule has 1 amide bonds. The van der Waals surface area contributed by atoms with Crippen molar-refractivity contribution in [2.45, 2.75) is 68.1 Å². The summed E-state index contributed by atoms with van der Waals surface area (Å²) in [6, 6.07) is 15.1. The van der Waals surface area contributed by atoms with Gasteiger partial charge in [-0.3, -0.25) is 4.79 Å². The second-order valence-electron chi connectivity index (χ2n) is 9.82. The summed E-state index contributed by atoms with van der Waals surface area (Å²) in [6.07, 6.45) is 9.18. The van der Waals surface area contributed by atoms with Crippen molar-refractivity contribution in [2.24, 2.45) is 11.8 Å². The summed E-state index contributed by atoms with van der Waals surface area (Å²) in [4.78, 5) is 15.8. The van der Waals surface area contributed by atoms with Crippen molar-refractivity contribution in [3.8, 4) is 5.75 Å². The number of hydrogen-bond donors (Lipinski definition) is 0. The van der Waals surface area contributed by atoms with Crippen molar-refractivity contribution in [1.82, 2.24) is 0 Å². The van der Waals surface area contributed by atoms with Gasteiger partial charge >= 0.3 is 0 Å². The molecule has 3 nitrogen and oxygen atoms in total. The predicted octanol–water partition coefficient (Wildman–Crippen LogP) is 7.91. The average Bonchev–Trinajstić information content (AvgIpc) is 2.83. The number of nitrogens with zero attached hydrogens (tertiary/aromatic N) is 1. The minimum atomic E-state index is 0.187. The molecule has 2 aliphatic rings. The summed E-state index contributed by atoms with van der Waals surface area (Å²) in [7, 11) is 1.74. The molecule has 0 heterocycles. The lowest BCUT2D eigenvalue weighted by Crippen LogP contribution is -2.41. The second-order valence-corrected chi connectivity index (χ2v) is 12.8. The Morgan fingerprint density at radius 3 is 2.36 bits per heavy atom. The molecule has 0 aromatic heterocycles. The Hall–Kier alpha value is -0.830. The molecule has 0 unspecified atom stereocenters. The van der Waals surface area contributed by atoms with E-state index >= 15 is 0 Å². The summed E-state index contributed by atoms with van der Waals surface area (Å²) < 4.78 is 7.36. The van der Waals surface area contributed by atoms with Crippen LogP contribution in [0.2, 0.25) is 0 Å². The molecule has 33 heavy (non-hydrogen) atoms. The van der Waals surface area contributed by atoms with Crippen LogP contribution in [0.1, 0.15) is 68.4 Å². The maximum atomic E-state index is 13.7. The lowest BCUT2D eigenvalue weighted by molar-refractivity contribution is -0.123. The van der Waals surface area contributed by atoms with E-state index < -0.39 is 0 Å². The Morgan fingerprint density at radius 2 is 1.73 bits per heavy atom. The van der Waals surface area contributed by atoms with Gasteiger partial charge in [-0.2, -0.15) is 0 Å². The normalized spacial score (nSPS) is 25.5. The van der Waals surface area contributed by atoms with Gasteiger partial charge in [-0.1, -0.05) is 40.8 Å². The third kappa shape index (κ3) is 6.44. The smallest absolute Gasteiger partial charge is 0.230 e. The van der Waals surface area contributed by atoms with Gasteiger partial charge < -0.3 is 9.64 Å². The van der Waals surface area contributed by atoms with Crippen molar-refractivity contribution < 1.29 is 9.53 Å². The van der Waals surface area contributed by atoms with E-state index in [1.807, 2.05) is 0 Å². The molecule has 178 valence electrons. The maximum Gasteiger partial charge on any atom is 0.230 e. The van der Waals surface area contributed by atoms with Gasteiger partial charge in [0.25, 0.3) is 0 Å². The zero-order valence-corrected chi connectivity index (χ0v) is 24.0. The van der Waals surface area contributed by atoms with Gasteiger partial charge in [-0.25, -0.2) is 0 Å². The zero-order valence-electron chi connectivity index (χ0n) is 19.7. The average molecular weight is 671 g/mol. The monoisotopic (exact) mass is 671 g/mol. The summed E-state index contributed by atoms with van der Waals surface area (Å²) in [5.41, 5.74) is 3.73. The van der Waals surface area contributed by atoms with Gasteiger partial charge in [0.1, 0.15) is 5.75 Å². The number of carbonyl (C=O) groups excluding carboxylic acids is 1. The number of carbonyl (C=O) groups is 1. The van der Waals surface area contributed by atoms with Gasteiger partial charge in [-0.15, -0.1) is 0 Å². The van der Waals surface area contributed by atoms with Gasteiger partial charge in [-0.05, 0) is 128 Å². The first-order valence-corrected chi connectivity index (χ1v) is 14.6. The minimum absolute atomic E-state index is 0.187. The number of rotatable bonds is 6. The van der Waals surface area contributed by atoms with E-state index in [4.69, 9.17) is 4.74 Å². The number of aryl methyl sites for hydroxylation is 1. The topological polar surface area (TPSA) is 29.5 Å². The first-order valence-electron chi connectivity index (χ1n) is 12.3.